The van der Waals surface area contributed by atoms with Crippen molar-refractivity contribution in [1.82, 2.24) is 9.62 Å². The third kappa shape index (κ3) is 4.26. The summed E-state index contributed by atoms with van der Waals surface area (Å²) in [6.45, 7) is 2.39. The lowest BCUT2D eigenvalue weighted by Crippen LogP contribution is -2.49. The van der Waals surface area contributed by atoms with E-state index in [1.807, 2.05) is 30.3 Å². The van der Waals surface area contributed by atoms with Gasteiger partial charge in [0.25, 0.3) is 5.91 Å². The molecule has 1 amide bonds. The monoisotopic (exact) mass is 440 g/mol. The normalized spacial score (nSPS) is 17.5. The van der Waals surface area contributed by atoms with Gasteiger partial charge in [-0.05, 0) is 31.9 Å². The molecular formula is C23H24N2O5S. The van der Waals surface area contributed by atoms with E-state index >= 15 is 0 Å². The van der Waals surface area contributed by atoms with Crippen molar-refractivity contribution in [2.24, 2.45) is 0 Å². The summed E-state index contributed by atoms with van der Waals surface area (Å²) >= 11 is 0. The summed E-state index contributed by atoms with van der Waals surface area (Å²) in [6.07, 6.45) is 2.52. The van der Waals surface area contributed by atoms with Crippen LogP contribution in [0.4, 0.5) is 0 Å². The van der Waals surface area contributed by atoms with E-state index in [-0.39, 0.29) is 29.2 Å². The van der Waals surface area contributed by atoms with E-state index in [0.29, 0.717) is 36.1 Å². The lowest BCUT2D eigenvalue weighted by molar-refractivity contribution is 0.0922. The molecule has 3 aromatic rings. The number of carbonyl (C=O) groups is 1. The van der Waals surface area contributed by atoms with Crippen LogP contribution in [-0.2, 0) is 10.0 Å². The fourth-order valence-electron chi connectivity index (χ4n) is 3.98. The highest BCUT2D eigenvalue weighted by Gasteiger charge is 2.28. The molecule has 0 radical (unpaired) electrons. The summed E-state index contributed by atoms with van der Waals surface area (Å²) in [5.41, 5.74) is 1.53. The minimum absolute atomic E-state index is 0.185. The van der Waals surface area contributed by atoms with Crippen LogP contribution in [-0.4, -0.2) is 44.0 Å². The van der Waals surface area contributed by atoms with Crippen LogP contribution in [0.2, 0.25) is 0 Å². The Hall–Kier alpha value is -2.97. The van der Waals surface area contributed by atoms with Crippen molar-refractivity contribution in [2.75, 3.05) is 19.3 Å². The molecule has 8 heteroatoms. The Morgan fingerprint density at radius 3 is 2.58 bits per heavy atom. The highest BCUT2D eigenvalue weighted by molar-refractivity contribution is 7.88. The van der Waals surface area contributed by atoms with Gasteiger partial charge in [-0.1, -0.05) is 36.4 Å². The molecule has 162 valence electrons. The molecule has 2 heterocycles. The van der Waals surface area contributed by atoms with Gasteiger partial charge in [0.2, 0.25) is 10.0 Å². The smallest absolute Gasteiger partial charge is 0.255 e. The van der Waals surface area contributed by atoms with Crippen molar-refractivity contribution in [3.63, 3.8) is 0 Å². The summed E-state index contributed by atoms with van der Waals surface area (Å²) in [5, 5.41) is 3.25. The number of sulfonamides is 1. The molecule has 1 fully saturated rings. The fraction of sp³-hybridized carbons (Fsp3) is 0.304. The second kappa shape index (κ2) is 8.28. The molecule has 1 aliphatic heterocycles. The molecule has 0 bridgehead atoms. The quantitative estimate of drug-likeness (QED) is 0.673. The zero-order valence-corrected chi connectivity index (χ0v) is 18.2. The average molecular weight is 441 g/mol. The molecule has 0 aliphatic carbocycles. The van der Waals surface area contributed by atoms with Gasteiger partial charge in [-0.15, -0.1) is 0 Å². The van der Waals surface area contributed by atoms with E-state index < -0.39 is 15.9 Å². The highest BCUT2D eigenvalue weighted by atomic mass is 32.2. The Morgan fingerprint density at radius 1 is 1.13 bits per heavy atom. The zero-order chi connectivity index (χ0) is 22.2. The standard InChI is InChI=1S/C23H24N2O5S/c1-15-20(26)18-11-6-12-19(22(18)30-21(15)16-8-4-3-5-9-16)23(27)24-17-10-7-13-25(14-17)31(2,28)29/h3-6,8-9,11-12,17H,7,10,13-14H2,1-2H3,(H,24,27). The predicted octanol–water partition coefficient (Wildman–Crippen LogP) is 2.92. The molecule has 4 rings (SSSR count). The lowest BCUT2D eigenvalue weighted by atomic mass is 10.0. The molecule has 2 aromatic carbocycles. The second-order valence-corrected chi connectivity index (χ2v) is 9.85. The molecule has 31 heavy (non-hydrogen) atoms. The van der Waals surface area contributed by atoms with E-state index in [4.69, 9.17) is 4.42 Å². The molecular weight excluding hydrogens is 416 g/mol. The molecule has 1 unspecified atom stereocenters. The first-order chi connectivity index (χ1) is 14.8. The number of rotatable bonds is 4. The van der Waals surface area contributed by atoms with Crippen LogP contribution in [0.15, 0.2) is 57.7 Å². The molecule has 0 spiro atoms. The van der Waals surface area contributed by atoms with Gasteiger partial charge in [-0.25, -0.2) is 12.7 Å². The van der Waals surface area contributed by atoms with Crippen LogP contribution < -0.4 is 10.7 Å². The van der Waals surface area contributed by atoms with E-state index in [9.17, 15) is 18.0 Å². The number of hydrogen-bond acceptors (Lipinski definition) is 5. The van der Waals surface area contributed by atoms with E-state index in [0.717, 1.165) is 5.56 Å². The van der Waals surface area contributed by atoms with Gasteiger partial charge < -0.3 is 9.73 Å². The van der Waals surface area contributed by atoms with Crippen molar-refractivity contribution in [2.45, 2.75) is 25.8 Å². The number of fused-ring (bicyclic) bond motifs is 1. The summed E-state index contributed by atoms with van der Waals surface area (Å²) in [7, 11) is -3.32. The van der Waals surface area contributed by atoms with Crippen LogP contribution in [0.3, 0.4) is 0 Å². The first-order valence-corrected chi connectivity index (χ1v) is 12.0. The first-order valence-electron chi connectivity index (χ1n) is 10.1. The summed E-state index contributed by atoms with van der Waals surface area (Å²) in [5.74, 6) is 0.0382. The molecule has 1 N–H and O–H groups in total. The van der Waals surface area contributed by atoms with Gasteiger partial charge in [0.05, 0.1) is 17.2 Å². The number of amides is 1. The fourth-order valence-corrected chi connectivity index (χ4v) is 4.89. The Kier molecular flexibility index (Phi) is 5.68. The minimum atomic E-state index is -3.32. The van der Waals surface area contributed by atoms with Gasteiger partial charge in [0, 0.05) is 30.3 Å². The number of piperidine rings is 1. The van der Waals surface area contributed by atoms with Crippen LogP contribution in [0.5, 0.6) is 0 Å². The Balaban J connectivity index is 1.72. The van der Waals surface area contributed by atoms with Gasteiger partial charge in [0.15, 0.2) is 11.0 Å². The van der Waals surface area contributed by atoms with Crippen LogP contribution in [0.1, 0.15) is 28.8 Å². The summed E-state index contributed by atoms with van der Waals surface area (Å²) < 4.78 is 31.2. The number of benzene rings is 2. The Morgan fingerprint density at radius 2 is 1.87 bits per heavy atom. The molecule has 1 saturated heterocycles. The summed E-state index contributed by atoms with van der Waals surface area (Å²) in [4.78, 5) is 26.1. The van der Waals surface area contributed by atoms with Gasteiger partial charge in [-0.3, -0.25) is 9.59 Å². The van der Waals surface area contributed by atoms with Gasteiger partial charge >= 0.3 is 0 Å². The van der Waals surface area contributed by atoms with Crippen molar-refractivity contribution in [3.8, 4) is 11.3 Å². The van der Waals surface area contributed by atoms with Crippen molar-refractivity contribution >= 4 is 26.9 Å². The number of nitrogens with one attached hydrogen (secondary N) is 1. The maximum atomic E-state index is 13.1. The minimum Gasteiger partial charge on any atom is -0.455 e. The maximum Gasteiger partial charge on any atom is 0.255 e. The second-order valence-electron chi connectivity index (χ2n) is 7.87. The number of nitrogens with zero attached hydrogens (tertiary/aromatic N) is 1. The topological polar surface area (TPSA) is 96.7 Å². The molecule has 7 nitrogen and oxygen atoms in total. The SMILES string of the molecule is Cc1c(-c2ccccc2)oc2c(C(=O)NC3CCCN(S(C)(=O)=O)C3)cccc2c1=O. The van der Waals surface area contributed by atoms with Crippen molar-refractivity contribution < 1.29 is 17.6 Å². The molecule has 1 aliphatic rings. The molecule has 1 atom stereocenters. The zero-order valence-electron chi connectivity index (χ0n) is 17.4. The van der Waals surface area contributed by atoms with Crippen LogP contribution >= 0.6 is 0 Å². The van der Waals surface area contributed by atoms with Crippen LogP contribution in [0, 0.1) is 6.92 Å². The van der Waals surface area contributed by atoms with Crippen molar-refractivity contribution in [3.05, 3.63) is 69.9 Å². The number of carbonyl (C=O) groups excluding carboxylic acids is 1. The molecule has 0 saturated carbocycles. The lowest BCUT2D eigenvalue weighted by Gasteiger charge is -2.31. The van der Waals surface area contributed by atoms with E-state index in [1.54, 1.807) is 25.1 Å². The first kappa shape index (κ1) is 21.3. The Bertz CT molecular complexity index is 1300. The van der Waals surface area contributed by atoms with Gasteiger partial charge in [-0.2, -0.15) is 0 Å². The third-order valence-corrected chi connectivity index (χ3v) is 6.88. The average Bonchev–Trinajstić information content (AvgIpc) is 2.76. The molecule has 1 aromatic heterocycles. The predicted molar refractivity (Wildman–Crippen MR) is 120 cm³/mol. The van der Waals surface area contributed by atoms with Gasteiger partial charge in [0.1, 0.15) is 5.76 Å². The number of hydrogen-bond donors (Lipinski definition) is 1. The Labute approximate surface area is 180 Å². The van der Waals surface area contributed by atoms with E-state index in [2.05, 4.69) is 5.32 Å². The third-order valence-electron chi connectivity index (χ3n) is 5.61. The highest BCUT2D eigenvalue weighted by Crippen LogP contribution is 2.27. The van der Waals surface area contributed by atoms with Crippen molar-refractivity contribution in [1.29, 1.82) is 0 Å². The van der Waals surface area contributed by atoms with E-state index in [1.165, 1.54) is 10.6 Å². The maximum absolute atomic E-state index is 13.1. The largest absolute Gasteiger partial charge is 0.455 e. The summed E-state index contributed by atoms with van der Waals surface area (Å²) in [6, 6.07) is 13.9. The van der Waals surface area contributed by atoms with Crippen LogP contribution in [0.25, 0.3) is 22.3 Å². The number of para-hydroxylation sites is 1.